The Morgan fingerprint density at radius 2 is 2.23 bits per heavy atom. The van der Waals surface area contributed by atoms with Gasteiger partial charge in [0, 0.05) is 18.1 Å². The molecular formula is C19H19ClN4O2. The number of benzene rings is 1. The van der Waals surface area contributed by atoms with Crippen LogP contribution in [-0.2, 0) is 6.54 Å². The molecule has 6 nitrogen and oxygen atoms in total. The number of hydrogen-bond acceptors (Lipinski definition) is 5. The van der Waals surface area contributed by atoms with Crippen molar-refractivity contribution in [2.24, 2.45) is 9.98 Å². The lowest BCUT2D eigenvalue weighted by atomic mass is 10.1. The number of carbonyl (C=O) groups is 1. The molecular weight excluding hydrogens is 352 g/mol. The highest BCUT2D eigenvalue weighted by Gasteiger charge is 2.35. The molecule has 0 saturated carbocycles. The zero-order valence-electron chi connectivity index (χ0n) is 14.6. The Kier molecular flexibility index (Phi) is 4.28. The van der Waals surface area contributed by atoms with Crippen molar-refractivity contribution >= 4 is 35.6 Å². The highest BCUT2D eigenvalue weighted by atomic mass is 35.5. The SMILES string of the molecule is CC[C@H]1CN2C=Nc3oc(C)c(C(=O)NCc4ccccc4Cl)c3C2=N1. The van der Waals surface area contributed by atoms with Gasteiger partial charge in [0.25, 0.3) is 5.91 Å². The van der Waals surface area contributed by atoms with Gasteiger partial charge in [0.2, 0.25) is 5.88 Å². The summed E-state index contributed by atoms with van der Waals surface area (Å²) in [5, 5.41) is 3.55. The first kappa shape index (κ1) is 16.8. The van der Waals surface area contributed by atoms with E-state index in [0.29, 0.717) is 34.3 Å². The van der Waals surface area contributed by atoms with Crippen molar-refractivity contribution in [1.29, 1.82) is 0 Å². The number of rotatable bonds is 4. The Morgan fingerprint density at radius 1 is 1.42 bits per heavy atom. The first-order valence-electron chi connectivity index (χ1n) is 8.62. The highest BCUT2D eigenvalue weighted by Crippen LogP contribution is 2.35. The highest BCUT2D eigenvalue weighted by molar-refractivity contribution is 6.31. The van der Waals surface area contributed by atoms with Crippen LogP contribution in [0.25, 0.3) is 0 Å². The topological polar surface area (TPSA) is 70.2 Å². The normalized spacial score (nSPS) is 17.7. The lowest BCUT2D eigenvalue weighted by Crippen LogP contribution is -2.32. The molecule has 4 rings (SSSR count). The molecule has 134 valence electrons. The molecule has 0 bridgehead atoms. The summed E-state index contributed by atoms with van der Waals surface area (Å²) in [5.74, 6) is 1.53. The molecule has 0 fully saturated rings. The number of aryl methyl sites for hydroxylation is 1. The third-order valence-corrected chi connectivity index (χ3v) is 5.05. The molecule has 0 unspecified atom stereocenters. The molecule has 2 aliphatic rings. The van der Waals surface area contributed by atoms with Gasteiger partial charge in [0.15, 0.2) is 0 Å². The number of carbonyl (C=O) groups excluding carboxylic acids is 1. The van der Waals surface area contributed by atoms with Gasteiger partial charge >= 0.3 is 0 Å². The number of amidine groups is 1. The second-order valence-corrected chi connectivity index (χ2v) is 6.81. The predicted molar refractivity (Wildman–Crippen MR) is 102 cm³/mol. The van der Waals surface area contributed by atoms with E-state index in [-0.39, 0.29) is 11.9 Å². The van der Waals surface area contributed by atoms with Crippen LogP contribution < -0.4 is 5.32 Å². The first-order chi connectivity index (χ1) is 12.6. The minimum atomic E-state index is -0.216. The Bertz CT molecular complexity index is 932. The quantitative estimate of drug-likeness (QED) is 0.892. The maximum atomic E-state index is 12.9. The van der Waals surface area contributed by atoms with Crippen molar-refractivity contribution in [1.82, 2.24) is 10.2 Å². The van der Waals surface area contributed by atoms with Crippen molar-refractivity contribution in [2.45, 2.75) is 32.9 Å². The molecule has 0 radical (unpaired) electrons. The van der Waals surface area contributed by atoms with E-state index in [4.69, 9.17) is 21.0 Å². The molecule has 0 saturated heterocycles. The molecule has 0 aliphatic carbocycles. The van der Waals surface area contributed by atoms with Crippen molar-refractivity contribution in [2.75, 3.05) is 6.54 Å². The zero-order chi connectivity index (χ0) is 18.3. The average Bonchev–Trinajstić information content (AvgIpc) is 3.20. The summed E-state index contributed by atoms with van der Waals surface area (Å²) in [6, 6.07) is 7.65. The van der Waals surface area contributed by atoms with Crippen LogP contribution in [0.2, 0.25) is 5.02 Å². The number of aliphatic imine (C=N–C) groups is 2. The van der Waals surface area contributed by atoms with Gasteiger partial charge in [-0.3, -0.25) is 9.79 Å². The molecule has 1 N–H and O–H groups in total. The third kappa shape index (κ3) is 2.80. The molecule has 0 spiro atoms. The van der Waals surface area contributed by atoms with Crippen LogP contribution >= 0.6 is 11.6 Å². The minimum absolute atomic E-state index is 0.205. The Hall–Kier alpha value is -2.60. The standard InChI is InChI=1S/C19H19ClN4O2/c1-3-13-9-24-10-22-19-16(17(24)23-13)15(11(2)26-19)18(25)21-8-12-6-4-5-7-14(12)20/h4-7,10,13H,3,8-9H2,1-2H3,(H,21,25)/t13-/m0/s1. The zero-order valence-corrected chi connectivity index (χ0v) is 15.4. The van der Waals surface area contributed by atoms with Crippen LogP contribution in [0.1, 0.15) is 40.6 Å². The van der Waals surface area contributed by atoms with E-state index in [2.05, 4.69) is 17.2 Å². The van der Waals surface area contributed by atoms with Crippen molar-refractivity contribution in [3.05, 3.63) is 51.7 Å². The van der Waals surface area contributed by atoms with E-state index in [1.54, 1.807) is 19.3 Å². The number of amides is 1. The maximum Gasteiger partial charge on any atom is 0.255 e. The van der Waals surface area contributed by atoms with Gasteiger partial charge in [-0.1, -0.05) is 36.7 Å². The molecule has 2 aromatic rings. The van der Waals surface area contributed by atoms with Crippen molar-refractivity contribution in [3.63, 3.8) is 0 Å². The Balaban J connectivity index is 1.64. The fourth-order valence-corrected chi connectivity index (χ4v) is 3.46. The summed E-state index contributed by atoms with van der Waals surface area (Å²) in [5.41, 5.74) is 2.03. The summed E-state index contributed by atoms with van der Waals surface area (Å²) in [6.45, 7) is 4.99. The third-order valence-electron chi connectivity index (χ3n) is 4.68. The number of furan rings is 1. The van der Waals surface area contributed by atoms with E-state index in [1.165, 1.54) is 0 Å². The van der Waals surface area contributed by atoms with Gasteiger partial charge in [-0.15, -0.1) is 0 Å². The number of hydrogen-bond donors (Lipinski definition) is 1. The van der Waals surface area contributed by atoms with Gasteiger partial charge in [-0.25, -0.2) is 4.99 Å². The first-order valence-corrected chi connectivity index (χ1v) is 9.00. The maximum absolute atomic E-state index is 12.9. The van der Waals surface area contributed by atoms with Gasteiger partial charge in [0.1, 0.15) is 17.9 Å². The second kappa shape index (κ2) is 6.61. The van der Waals surface area contributed by atoms with Crippen LogP contribution in [0, 0.1) is 6.92 Å². The summed E-state index contributed by atoms with van der Waals surface area (Å²) < 4.78 is 5.72. The van der Waals surface area contributed by atoms with Crippen LogP contribution in [0.3, 0.4) is 0 Å². The van der Waals surface area contributed by atoms with Crippen LogP contribution in [-0.4, -0.2) is 35.6 Å². The predicted octanol–water partition coefficient (Wildman–Crippen LogP) is 3.69. The molecule has 1 aromatic heterocycles. The second-order valence-electron chi connectivity index (χ2n) is 6.40. The molecule has 1 amide bonds. The Labute approximate surface area is 156 Å². The van der Waals surface area contributed by atoms with Crippen LogP contribution in [0.4, 0.5) is 5.88 Å². The van der Waals surface area contributed by atoms with E-state index in [1.807, 2.05) is 23.1 Å². The number of nitrogens with zero attached hydrogens (tertiary/aromatic N) is 3. The van der Waals surface area contributed by atoms with E-state index >= 15 is 0 Å². The Morgan fingerprint density at radius 3 is 3.00 bits per heavy atom. The van der Waals surface area contributed by atoms with Crippen molar-refractivity contribution in [3.8, 4) is 0 Å². The fraction of sp³-hybridized carbons (Fsp3) is 0.316. The van der Waals surface area contributed by atoms with E-state index in [9.17, 15) is 4.79 Å². The number of fused-ring (bicyclic) bond motifs is 3. The van der Waals surface area contributed by atoms with Crippen molar-refractivity contribution < 1.29 is 9.21 Å². The molecule has 2 aliphatic heterocycles. The van der Waals surface area contributed by atoms with Gasteiger partial charge in [-0.2, -0.15) is 0 Å². The van der Waals surface area contributed by atoms with Crippen LogP contribution in [0.15, 0.2) is 38.7 Å². The van der Waals surface area contributed by atoms with E-state index in [0.717, 1.165) is 24.4 Å². The van der Waals surface area contributed by atoms with Crippen LogP contribution in [0.5, 0.6) is 0 Å². The van der Waals surface area contributed by atoms with Gasteiger partial charge in [-0.05, 0) is 25.0 Å². The van der Waals surface area contributed by atoms with Gasteiger partial charge in [0.05, 0.1) is 17.2 Å². The van der Waals surface area contributed by atoms with Gasteiger partial charge < -0.3 is 14.6 Å². The minimum Gasteiger partial charge on any atom is -0.442 e. The number of halogens is 1. The fourth-order valence-electron chi connectivity index (χ4n) is 3.26. The molecule has 1 aromatic carbocycles. The summed E-state index contributed by atoms with van der Waals surface area (Å²) in [4.78, 5) is 24.0. The molecule has 1 atom stereocenters. The smallest absolute Gasteiger partial charge is 0.255 e. The largest absolute Gasteiger partial charge is 0.442 e. The lowest BCUT2D eigenvalue weighted by Gasteiger charge is -2.18. The van der Waals surface area contributed by atoms with E-state index < -0.39 is 0 Å². The monoisotopic (exact) mass is 370 g/mol. The summed E-state index contributed by atoms with van der Waals surface area (Å²) >= 11 is 6.17. The molecule has 7 heteroatoms. The average molecular weight is 371 g/mol. The molecule has 26 heavy (non-hydrogen) atoms. The molecule has 3 heterocycles. The number of nitrogens with one attached hydrogen (secondary N) is 1. The summed E-state index contributed by atoms with van der Waals surface area (Å²) in [7, 11) is 0. The summed E-state index contributed by atoms with van der Waals surface area (Å²) in [6.07, 6.45) is 2.67. The lowest BCUT2D eigenvalue weighted by molar-refractivity contribution is 0.0949.